The van der Waals surface area contributed by atoms with E-state index < -0.39 is 5.97 Å². The van der Waals surface area contributed by atoms with E-state index in [0.29, 0.717) is 165 Å². The number of likely N-dealkylation sites (N-methyl/N-ethyl adjacent to an activating group) is 1. The van der Waals surface area contributed by atoms with Crippen LogP contribution in [0.5, 0.6) is 0 Å². The summed E-state index contributed by atoms with van der Waals surface area (Å²) < 4.78 is 70.2. The zero-order valence-electron chi connectivity index (χ0n) is 28.0. The largest absolute Gasteiger partial charge is 0.481 e. The summed E-state index contributed by atoms with van der Waals surface area (Å²) in [6, 6.07) is 0. The van der Waals surface area contributed by atoms with Gasteiger partial charge in [-0.25, -0.2) is 0 Å². The Morgan fingerprint density at radius 3 is 0.696 bits per heavy atom. The second-order valence-electron chi connectivity index (χ2n) is 9.21. The Bertz CT molecular complexity index is 580. The molecule has 0 rings (SSSR count). The normalized spacial score (nSPS) is 11.5. The first-order chi connectivity index (χ1) is 22.8. The van der Waals surface area contributed by atoms with Gasteiger partial charge in [-0.2, -0.15) is 0 Å². The molecule has 0 aromatic carbocycles. The Balaban J connectivity index is 3.04. The fraction of sp³-hybridized carbons (Fsp3) is 0.967. The number of carboxylic acid groups (broad SMARTS) is 1. The maximum absolute atomic E-state index is 10.3. The van der Waals surface area contributed by atoms with Gasteiger partial charge in [0.1, 0.15) is 0 Å². The number of rotatable bonds is 42. The summed E-state index contributed by atoms with van der Waals surface area (Å²) in [4.78, 5) is 10.3. The van der Waals surface area contributed by atoms with Crippen molar-refractivity contribution in [2.45, 2.75) is 6.42 Å². The summed E-state index contributed by atoms with van der Waals surface area (Å²) in [5.74, 6) is -0.874. The Hall–Kier alpha value is -1.09. The first-order valence-corrected chi connectivity index (χ1v) is 16.1. The molecule has 0 saturated heterocycles. The van der Waals surface area contributed by atoms with Crippen LogP contribution >= 0.6 is 0 Å². The Morgan fingerprint density at radius 1 is 0.348 bits per heavy atom. The predicted molar refractivity (Wildman–Crippen MR) is 167 cm³/mol. The Kier molecular flexibility index (Phi) is 40.9. The Labute approximate surface area is 274 Å². The molecule has 0 fully saturated rings. The van der Waals surface area contributed by atoms with Crippen molar-refractivity contribution in [3.8, 4) is 0 Å². The quantitative estimate of drug-likeness (QED) is 0.0822. The van der Waals surface area contributed by atoms with Crippen LogP contribution in [-0.2, 0) is 66.4 Å². The molecule has 0 heterocycles. The van der Waals surface area contributed by atoms with Crippen LogP contribution in [0.4, 0.5) is 0 Å². The summed E-state index contributed by atoms with van der Waals surface area (Å²) in [5.41, 5.74) is 0. The van der Waals surface area contributed by atoms with Gasteiger partial charge in [-0.15, -0.1) is 0 Å². The highest BCUT2D eigenvalue weighted by molar-refractivity contribution is 5.66. The Morgan fingerprint density at radius 2 is 0.522 bits per heavy atom. The topological polar surface area (TPSA) is 169 Å². The lowest BCUT2D eigenvalue weighted by Gasteiger charge is -2.09. The number of ether oxygens (including phenoxy) is 13. The fourth-order valence-electron chi connectivity index (χ4n) is 3.07. The van der Waals surface area contributed by atoms with Crippen LogP contribution in [0.3, 0.4) is 0 Å². The molecule has 46 heavy (non-hydrogen) atoms. The summed E-state index contributed by atoms with van der Waals surface area (Å²) in [7, 11) is 1.89. The highest BCUT2D eigenvalue weighted by Gasteiger charge is 1.98. The molecule has 0 aromatic heterocycles. The molecule has 0 unspecified atom stereocenters. The van der Waals surface area contributed by atoms with Gasteiger partial charge in [0.05, 0.1) is 178 Å². The lowest BCUT2D eigenvalue weighted by molar-refractivity contribution is -0.138. The molecule has 16 nitrogen and oxygen atoms in total. The van der Waals surface area contributed by atoms with E-state index in [4.69, 9.17) is 66.7 Å². The maximum atomic E-state index is 10.3. The standard InChI is InChI=1S/C30H61NO15/c1-31-3-5-35-7-9-37-11-13-39-15-17-41-19-21-43-23-25-45-27-29-46-28-26-44-24-22-42-20-18-40-16-14-38-12-10-36-8-6-34-4-2-30(32)33/h31H,2-29H2,1H3,(H,32,33). The molecular formula is C30H61NO15. The summed E-state index contributed by atoms with van der Waals surface area (Å²) >= 11 is 0. The van der Waals surface area contributed by atoms with Gasteiger partial charge >= 0.3 is 5.97 Å². The highest BCUT2D eigenvalue weighted by atomic mass is 16.6. The van der Waals surface area contributed by atoms with Gasteiger partial charge in [0.2, 0.25) is 0 Å². The number of hydrogen-bond acceptors (Lipinski definition) is 15. The van der Waals surface area contributed by atoms with Crippen LogP contribution in [0.1, 0.15) is 6.42 Å². The first-order valence-electron chi connectivity index (χ1n) is 16.1. The second kappa shape index (κ2) is 41.9. The third-order valence-electron chi connectivity index (χ3n) is 5.42. The van der Waals surface area contributed by atoms with Crippen LogP contribution in [0.2, 0.25) is 0 Å². The van der Waals surface area contributed by atoms with E-state index in [-0.39, 0.29) is 13.0 Å². The van der Waals surface area contributed by atoms with Crippen LogP contribution in [-0.4, -0.2) is 196 Å². The van der Waals surface area contributed by atoms with Crippen molar-refractivity contribution in [1.29, 1.82) is 0 Å². The lowest BCUT2D eigenvalue weighted by Crippen LogP contribution is -2.17. The minimum absolute atomic E-state index is 0.00270. The first kappa shape index (κ1) is 44.9. The third kappa shape index (κ3) is 42.9. The van der Waals surface area contributed by atoms with Crippen molar-refractivity contribution in [3.05, 3.63) is 0 Å². The van der Waals surface area contributed by atoms with E-state index in [1.54, 1.807) is 0 Å². The van der Waals surface area contributed by atoms with E-state index in [1.807, 2.05) is 7.05 Å². The van der Waals surface area contributed by atoms with Crippen LogP contribution < -0.4 is 5.32 Å². The van der Waals surface area contributed by atoms with E-state index in [2.05, 4.69) is 5.32 Å². The van der Waals surface area contributed by atoms with Crippen LogP contribution in [0.15, 0.2) is 0 Å². The van der Waals surface area contributed by atoms with Gasteiger partial charge in [0, 0.05) is 6.54 Å². The van der Waals surface area contributed by atoms with E-state index in [0.717, 1.165) is 6.54 Å². The lowest BCUT2D eigenvalue weighted by atomic mass is 10.5. The number of carboxylic acids is 1. The van der Waals surface area contributed by atoms with Crippen molar-refractivity contribution in [2.24, 2.45) is 0 Å². The van der Waals surface area contributed by atoms with Gasteiger partial charge in [-0.3, -0.25) is 4.79 Å². The van der Waals surface area contributed by atoms with Crippen molar-refractivity contribution < 1.29 is 71.5 Å². The molecule has 0 aromatic rings. The average Bonchev–Trinajstić information content (AvgIpc) is 3.05. The smallest absolute Gasteiger partial charge is 0.305 e. The van der Waals surface area contributed by atoms with Crippen LogP contribution in [0, 0.1) is 0 Å². The molecule has 0 aliphatic carbocycles. The molecule has 0 saturated carbocycles. The predicted octanol–water partition coefficient (Wildman–Crippen LogP) is -0.104. The van der Waals surface area contributed by atoms with Gasteiger partial charge in [-0.05, 0) is 7.05 Å². The van der Waals surface area contributed by atoms with Crippen molar-refractivity contribution in [2.75, 3.05) is 185 Å². The highest BCUT2D eigenvalue weighted by Crippen LogP contribution is 1.88. The summed E-state index contributed by atoms with van der Waals surface area (Å²) in [6.45, 7) is 13.6. The van der Waals surface area contributed by atoms with Crippen molar-refractivity contribution in [3.63, 3.8) is 0 Å². The molecule has 0 bridgehead atoms. The zero-order chi connectivity index (χ0) is 33.3. The summed E-state index contributed by atoms with van der Waals surface area (Å²) in [6.07, 6.45) is -0.00270. The molecule has 2 N–H and O–H groups in total. The van der Waals surface area contributed by atoms with Gasteiger partial charge in [-0.1, -0.05) is 0 Å². The van der Waals surface area contributed by atoms with Crippen LogP contribution in [0.25, 0.3) is 0 Å². The van der Waals surface area contributed by atoms with E-state index >= 15 is 0 Å². The fourth-order valence-corrected chi connectivity index (χ4v) is 3.07. The minimum Gasteiger partial charge on any atom is -0.481 e. The monoisotopic (exact) mass is 675 g/mol. The van der Waals surface area contributed by atoms with Gasteiger partial charge in [0.25, 0.3) is 0 Å². The van der Waals surface area contributed by atoms with Gasteiger partial charge < -0.3 is 72.0 Å². The molecular weight excluding hydrogens is 614 g/mol. The van der Waals surface area contributed by atoms with Crippen molar-refractivity contribution in [1.82, 2.24) is 5.32 Å². The minimum atomic E-state index is -0.874. The third-order valence-corrected chi connectivity index (χ3v) is 5.42. The summed E-state index contributed by atoms with van der Waals surface area (Å²) in [5, 5.41) is 11.5. The molecule has 16 heteroatoms. The number of aliphatic carboxylic acids is 1. The van der Waals surface area contributed by atoms with Gasteiger partial charge in [0.15, 0.2) is 0 Å². The second-order valence-corrected chi connectivity index (χ2v) is 9.21. The molecule has 0 radical (unpaired) electrons. The molecule has 0 spiro atoms. The molecule has 0 amide bonds. The molecule has 0 aliphatic rings. The molecule has 0 aliphatic heterocycles. The van der Waals surface area contributed by atoms with E-state index in [9.17, 15) is 4.79 Å². The number of nitrogens with one attached hydrogen (secondary N) is 1. The average molecular weight is 676 g/mol. The molecule has 276 valence electrons. The van der Waals surface area contributed by atoms with E-state index in [1.165, 1.54) is 0 Å². The maximum Gasteiger partial charge on any atom is 0.305 e. The number of hydrogen-bond donors (Lipinski definition) is 2. The zero-order valence-corrected chi connectivity index (χ0v) is 28.0. The molecule has 0 atom stereocenters. The number of carbonyl (C=O) groups is 1. The SMILES string of the molecule is CNCCOCCOCCOCCOCCOCCOCCOCCOCCOCCOCCOCCOCCOCCC(=O)O. The van der Waals surface area contributed by atoms with Crippen molar-refractivity contribution >= 4 is 5.97 Å².